The van der Waals surface area contributed by atoms with Gasteiger partial charge in [-0.25, -0.2) is 9.59 Å². The highest BCUT2D eigenvalue weighted by atomic mass is 16.7. The molecule has 1 amide bonds. The van der Waals surface area contributed by atoms with Gasteiger partial charge in [-0.15, -0.1) is 0 Å². The summed E-state index contributed by atoms with van der Waals surface area (Å²) < 4.78 is 15.8. The molecule has 5 atom stereocenters. The summed E-state index contributed by atoms with van der Waals surface area (Å²) in [6.45, 7) is -0.261. The molecule has 8 nitrogen and oxygen atoms in total. The smallest absolute Gasteiger partial charge is 0.409 e. The van der Waals surface area contributed by atoms with Crippen molar-refractivity contribution in [2.75, 3.05) is 13.7 Å². The fourth-order valence-electron chi connectivity index (χ4n) is 3.26. The third-order valence-corrected chi connectivity index (χ3v) is 4.26. The molecule has 1 unspecified atom stereocenters. The summed E-state index contributed by atoms with van der Waals surface area (Å²) in [5.74, 6) is -1.96. The number of alkyl carbamates (subject to hydrolysis) is 1. The molecule has 0 bridgehead atoms. The van der Waals surface area contributed by atoms with Gasteiger partial charge in [0, 0.05) is 13.0 Å². The standard InChI is InChI=1S/C12H15NO7/c1-13-11(17)19-10-8-5(6(3-18-10)9(15)16)2-7-12(8,4-14)20-7/h3,5,7-8,10,14H,2,4H2,1H3,(H,13,17)(H,15,16)/t5-,7+,8+,10+,12?/m1/s1. The van der Waals surface area contributed by atoms with Crippen LogP contribution >= 0.6 is 0 Å². The average molecular weight is 285 g/mol. The number of carboxylic acid groups (broad SMARTS) is 1. The van der Waals surface area contributed by atoms with Gasteiger partial charge in [0.15, 0.2) is 0 Å². The highest BCUT2D eigenvalue weighted by Gasteiger charge is 2.73. The summed E-state index contributed by atoms with van der Waals surface area (Å²) in [4.78, 5) is 22.6. The van der Waals surface area contributed by atoms with E-state index in [-0.39, 0.29) is 24.2 Å². The number of nitrogens with one attached hydrogen (secondary N) is 1. The molecule has 3 aliphatic rings. The Kier molecular flexibility index (Phi) is 2.87. The Labute approximate surface area is 114 Å². The first-order chi connectivity index (χ1) is 9.53. The number of carboxylic acids is 1. The van der Waals surface area contributed by atoms with Crippen molar-refractivity contribution in [1.29, 1.82) is 0 Å². The Morgan fingerprint density at radius 2 is 2.35 bits per heavy atom. The van der Waals surface area contributed by atoms with Gasteiger partial charge in [0.25, 0.3) is 6.29 Å². The number of hydrogen-bond acceptors (Lipinski definition) is 6. The number of aliphatic hydroxyl groups is 1. The molecule has 0 aromatic rings. The molecule has 8 heteroatoms. The molecule has 0 aromatic heterocycles. The Morgan fingerprint density at radius 3 is 2.95 bits per heavy atom. The van der Waals surface area contributed by atoms with E-state index in [0.29, 0.717) is 6.42 Å². The van der Waals surface area contributed by atoms with Crippen LogP contribution in [0.1, 0.15) is 6.42 Å². The quantitative estimate of drug-likeness (QED) is 0.594. The second-order valence-electron chi connectivity index (χ2n) is 5.13. The van der Waals surface area contributed by atoms with Crippen molar-refractivity contribution in [3.63, 3.8) is 0 Å². The minimum Gasteiger partial charge on any atom is -0.478 e. The van der Waals surface area contributed by atoms with Crippen LogP contribution in [0.4, 0.5) is 4.79 Å². The van der Waals surface area contributed by atoms with Crippen LogP contribution in [0.3, 0.4) is 0 Å². The molecule has 20 heavy (non-hydrogen) atoms. The fourth-order valence-corrected chi connectivity index (χ4v) is 3.26. The fraction of sp³-hybridized carbons (Fsp3) is 0.667. The lowest BCUT2D eigenvalue weighted by molar-refractivity contribution is -0.152. The van der Waals surface area contributed by atoms with E-state index in [1.165, 1.54) is 7.05 Å². The van der Waals surface area contributed by atoms with Crippen molar-refractivity contribution in [1.82, 2.24) is 5.32 Å². The number of epoxide rings is 1. The maximum Gasteiger partial charge on any atom is 0.409 e. The number of amides is 1. The first-order valence-electron chi connectivity index (χ1n) is 6.29. The summed E-state index contributed by atoms with van der Waals surface area (Å²) in [6, 6.07) is 0. The summed E-state index contributed by atoms with van der Waals surface area (Å²) in [7, 11) is 1.41. The zero-order valence-electron chi connectivity index (χ0n) is 10.7. The number of fused-ring (bicyclic) bond motifs is 3. The van der Waals surface area contributed by atoms with Gasteiger partial charge in [-0.1, -0.05) is 0 Å². The molecule has 0 spiro atoms. The lowest BCUT2D eigenvalue weighted by Gasteiger charge is -2.35. The van der Waals surface area contributed by atoms with E-state index in [1.807, 2.05) is 0 Å². The summed E-state index contributed by atoms with van der Waals surface area (Å²) in [5, 5.41) is 21.0. The summed E-state index contributed by atoms with van der Waals surface area (Å²) in [6.07, 6.45) is -0.281. The van der Waals surface area contributed by atoms with Gasteiger partial charge in [0.2, 0.25) is 0 Å². The largest absolute Gasteiger partial charge is 0.478 e. The molecule has 3 N–H and O–H groups in total. The van der Waals surface area contributed by atoms with Crippen LogP contribution < -0.4 is 5.32 Å². The first-order valence-corrected chi connectivity index (χ1v) is 6.29. The monoisotopic (exact) mass is 285 g/mol. The average Bonchev–Trinajstić information content (AvgIpc) is 3.04. The number of aliphatic hydroxyl groups excluding tert-OH is 1. The van der Waals surface area contributed by atoms with E-state index in [2.05, 4.69) is 5.32 Å². The van der Waals surface area contributed by atoms with E-state index >= 15 is 0 Å². The third kappa shape index (κ3) is 1.68. The Bertz CT molecular complexity index is 486. The van der Waals surface area contributed by atoms with Crippen LogP contribution in [-0.2, 0) is 19.0 Å². The van der Waals surface area contributed by atoms with Crippen molar-refractivity contribution < 1.29 is 34.0 Å². The lowest BCUT2D eigenvalue weighted by atomic mass is 9.82. The number of carbonyl (C=O) groups is 2. The topological polar surface area (TPSA) is 118 Å². The van der Waals surface area contributed by atoms with Crippen molar-refractivity contribution >= 4 is 12.1 Å². The Morgan fingerprint density at radius 1 is 1.60 bits per heavy atom. The van der Waals surface area contributed by atoms with Crippen LogP contribution in [0.5, 0.6) is 0 Å². The normalized spacial score (nSPS) is 40.8. The molecule has 0 aromatic carbocycles. The van der Waals surface area contributed by atoms with Gasteiger partial charge in [0.1, 0.15) is 5.60 Å². The molecule has 1 saturated carbocycles. The number of rotatable bonds is 3. The maximum absolute atomic E-state index is 11.3. The second kappa shape index (κ2) is 4.35. The zero-order valence-corrected chi connectivity index (χ0v) is 10.7. The van der Waals surface area contributed by atoms with Gasteiger partial charge in [-0.2, -0.15) is 0 Å². The third-order valence-electron chi connectivity index (χ3n) is 4.26. The molecule has 2 aliphatic heterocycles. The van der Waals surface area contributed by atoms with E-state index in [1.54, 1.807) is 0 Å². The van der Waals surface area contributed by atoms with Crippen LogP contribution in [-0.4, -0.2) is 53.9 Å². The molecule has 1 aliphatic carbocycles. The number of ether oxygens (including phenoxy) is 3. The second-order valence-corrected chi connectivity index (χ2v) is 5.13. The zero-order chi connectivity index (χ0) is 14.5. The van der Waals surface area contributed by atoms with Crippen LogP contribution in [0.2, 0.25) is 0 Å². The molecule has 2 heterocycles. The van der Waals surface area contributed by atoms with Crippen molar-refractivity contribution in [2.24, 2.45) is 11.8 Å². The Balaban J connectivity index is 1.89. The molecule has 2 fully saturated rings. The van der Waals surface area contributed by atoms with E-state index < -0.39 is 29.9 Å². The molecule has 0 radical (unpaired) electrons. The van der Waals surface area contributed by atoms with Crippen LogP contribution in [0.15, 0.2) is 11.8 Å². The molecular weight excluding hydrogens is 270 g/mol. The summed E-state index contributed by atoms with van der Waals surface area (Å²) in [5.41, 5.74) is -0.742. The number of hydrogen-bond donors (Lipinski definition) is 3. The van der Waals surface area contributed by atoms with Crippen molar-refractivity contribution in [2.45, 2.75) is 24.4 Å². The first kappa shape index (κ1) is 13.2. The molecule has 3 rings (SSSR count). The molecule has 1 saturated heterocycles. The minimum absolute atomic E-state index is 0.121. The SMILES string of the molecule is CNC(=O)O[C@@H]1OC=C(C(=O)O)[C@H]2C[C@@H]3OC3(CO)[C@H]12. The van der Waals surface area contributed by atoms with Crippen LogP contribution in [0, 0.1) is 11.8 Å². The highest BCUT2D eigenvalue weighted by Crippen LogP contribution is 2.60. The Hall–Kier alpha value is -1.80. The predicted octanol–water partition coefficient (Wildman–Crippen LogP) is -0.567. The van der Waals surface area contributed by atoms with Gasteiger partial charge < -0.3 is 29.7 Å². The minimum atomic E-state index is -1.08. The maximum atomic E-state index is 11.3. The highest BCUT2D eigenvalue weighted by molar-refractivity contribution is 5.87. The number of aliphatic carboxylic acids is 1. The van der Waals surface area contributed by atoms with Crippen LogP contribution in [0.25, 0.3) is 0 Å². The van der Waals surface area contributed by atoms with Crippen molar-refractivity contribution in [3.05, 3.63) is 11.8 Å². The predicted molar refractivity (Wildman–Crippen MR) is 62.4 cm³/mol. The van der Waals surface area contributed by atoms with Gasteiger partial charge in [-0.3, -0.25) is 0 Å². The van der Waals surface area contributed by atoms with Gasteiger partial charge in [0.05, 0.1) is 30.5 Å². The summed E-state index contributed by atoms with van der Waals surface area (Å²) >= 11 is 0. The van der Waals surface area contributed by atoms with E-state index in [0.717, 1.165) is 6.26 Å². The van der Waals surface area contributed by atoms with E-state index in [9.17, 15) is 19.8 Å². The van der Waals surface area contributed by atoms with E-state index in [4.69, 9.17) is 14.2 Å². The van der Waals surface area contributed by atoms with Gasteiger partial charge in [-0.05, 0) is 6.42 Å². The molecule has 110 valence electrons. The number of carbonyl (C=O) groups excluding carboxylic acids is 1. The lowest BCUT2D eigenvalue weighted by Crippen LogP contribution is -2.46. The van der Waals surface area contributed by atoms with Gasteiger partial charge >= 0.3 is 12.1 Å². The molecular formula is C12H15NO7. The van der Waals surface area contributed by atoms with Crippen molar-refractivity contribution in [3.8, 4) is 0 Å².